The number of methoxy groups -OCH3 is 1. The molecule has 0 saturated carbocycles. The van der Waals surface area contributed by atoms with Crippen LogP contribution in [0.15, 0.2) is 94.9 Å². The van der Waals surface area contributed by atoms with Crippen LogP contribution >= 0.6 is 0 Å². The summed E-state index contributed by atoms with van der Waals surface area (Å²) in [7, 11) is -2.82. The Kier molecular flexibility index (Phi) is 6.42. The highest BCUT2D eigenvalue weighted by Gasteiger charge is 2.23. The van der Waals surface area contributed by atoms with E-state index in [4.69, 9.17) is 4.74 Å². The topological polar surface area (TPSA) is 123 Å². The fourth-order valence-electron chi connectivity index (χ4n) is 3.40. The molecule has 0 spiro atoms. The van der Waals surface area contributed by atoms with Crippen molar-refractivity contribution in [3.05, 3.63) is 101 Å². The van der Waals surface area contributed by atoms with Gasteiger partial charge in [0.25, 0.3) is 15.7 Å². The molecule has 0 fully saturated rings. The van der Waals surface area contributed by atoms with Gasteiger partial charge in [0, 0.05) is 17.7 Å². The first kappa shape index (κ1) is 22.7. The number of nitrogens with one attached hydrogen (secondary N) is 2. The van der Waals surface area contributed by atoms with Crippen molar-refractivity contribution < 1.29 is 18.1 Å². The number of sulfonamides is 1. The molecule has 0 radical (unpaired) electrons. The first-order chi connectivity index (χ1) is 16.4. The molecule has 34 heavy (non-hydrogen) atoms. The Morgan fingerprint density at radius 3 is 2.47 bits per heavy atom. The maximum absolute atomic E-state index is 13.2. The summed E-state index contributed by atoms with van der Waals surface area (Å²) in [5.74, 6) is 0.306. The van der Waals surface area contributed by atoms with Gasteiger partial charge >= 0.3 is 0 Å². The molecule has 0 aliphatic rings. The number of ether oxygens (including phenoxy) is 1. The lowest BCUT2D eigenvalue weighted by atomic mass is 10.1. The second-order valence-corrected chi connectivity index (χ2v) is 8.83. The van der Waals surface area contributed by atoms with Crippen LogP contribution in [0.5, 0.6) is 5.75 Å². The average Bonchev–Trinajstić information content (AvgIpc) is 2.84. The summed E-state index contributed by atoms with van der Waals surface area (Å²) in [6, 6.07) is 23.5. The van der Waals surface area contributed by atoms with Crippen LogP contribution in [0.3, 0.4) is 0 Å². The molecule has 4 aromatic carbocycles. The van der Waals surface area contributed by atoms with Crippen molar-refractivity contribution >= 4 is 44.1 Å². The number of hydrogen-bond acceptors (Lipinski definition) is 7. The number of rotatable bonds is 8. The monoisotopic (exact) mass is 476 g/mol. The van der Waals surface area contributed by atoms with Gasteiger partial charge in [0.2, 0.25) is 0 Å². The molecule has 2 N–H and O–H groups in total. The van der Waals surface area contributed by atoms with Crippen LogP contribution < -0.4 is 14.9 Å². The minimum absolute atomic E-state index is 0.0736. The summed E-state index contributed by atoms with van der Waals surface area (Å²) in [4.78, 5) is 10.3. The molecule has 0 unspecified atom stereocenters. The van der Waals surface area contributed by atoms with Crippen LogP contribution in [-0.4, -0.2) is 26.7 Å². The van der Waals surface area contributed by atoms with E-state index in [1.807, 2.05) is 42.5 Å². The van der Waals surface area contributed by atoms with Crippen LogP contribution in [0.25, 0.3) is 10.8 Å². The number of fused-ring (bicyclic) bond motifs is 1. The molecule has 9 nitrogen and oxygen atoms in total. The number of non-ortho nitro benzene ring substituents is 1. The quantitative estimate of drug-likeness (QED) is 0.209. The van der Waals surface area contributed by atoms with Gasteiger partial charge in [-0.25, -0.2) is 8.42 Å². The molecule has 0 atom stereocenters. The molecule has 172 valence electrons. The zero-order chi connectivity index (χ0) is 24.1. The van der Waals surface area contributed by atoms with E-state index in [-0.39, 0.29) is 22.0 Å². The van der Waals surface area contributed by atoms with Gasteiger partial charge in [-0.3, -0.25) is 20.3 Å². The highest BCUT2D eigenvalue weighted by molar-refractivity contribution is 7.93. The van der Waals surface area contributed by atoms with Crippen molar-refractivity contribution in [3.63, 3.8) is 0 Å². The SMILES string of the molecule is COc1ccccc1NS(=O)(=O)c1cc([N+](=O)[O-])ccc1N/N=C/c1cccc2ccccc12. The van der Waals surface area contributed by atoms with E-state index in [0.717, 1.165) is 22.4 Å². The van der Waals surface area contributed by atoms with Crippen LogP contribution in [-0.2, 0) is 10.0 Å². The van der Waals surface area contributed by atoms with Crippen LogP contribution in [0.2, 0.25) is 0 Å². The van der Waals surface area contributed by atoms with E-state index in [1.54, 1.807) is 24.4 Å². The molecule has 0 heterocycles. The Labute approximate surface area is 195 Å². The fourth-order valence-corrected chi connectivity index (χ4v) is 4.65. The van der Waals surface area contributed by atoms with Crippen molar-refractivity contribution in [1.82, 2.24) is 0 Å². The molecule has 0 aromatic heterocycles. The molecule has 0 aliphatic carbocycles. The molecule has 0 saturated heterocycles. The van der Waals surface area contributed by atoms with Gasteiger partial charge in [0.05, 0.1) is 29.6 Å². The summed E-state index contributed by atoms with van der Waals surface area (Å²) in [5.41, 5.74) is 3.43. The van der Waals surface area contributed by atoms with E-state index < -0.39 is 14.9 Å². The van der Waals surface area contributed by atoms with E-state index in [9.17, 15) is 18.5 Å². The second kappa shape index (κ2) is 9.59. The van der Waals surface area contributed by atoms with Crippen LogP contribution in [0.1, 0.15) is 5.56 Å². The largest absolute Gasteiger partial charge is 0.495 e. The van der Waals surface area contributed by atoms with Crippen LogP contribution in [0.4, 0.5) is 17.1 Å². The van der Waals surface area contributed by atoms with Crippen molar-refractivity contribution in [2.75, 3.05) is 17.3 Å². The summed E-state index contributed by atoms with van der Waals surface area (Å²) in [5, 5.41) is 17.5. The number of nitro groups is 1. The van der Waals surface area contributed by atoms with E-state index in [1.165, 1.54) is 25.3 Å². The van der Waals surface area contributed by atoms with Crippen LogP contribution in [0, 0.1) is 10.1 Å². The summed E-state index contributed by atoms with van der Waals surface area (Å²) in [6.45, 7) is 0. The third-order valence-corrected chi connectivity index (χ3v) is 6.43. The first-order valence-electron chi connectivity index (χ1n) is 10.1. The summed E-state index contributed by atoms with van der Waals surface area (Å²) in [6.07, 6.45) is 1.56. The number of anilines is 2. The zero-order valence-electron chi connectivity index (χ0n) is 18.0. The molecule has 0 amide bonds. The Morgan fingerprint density at radius 1 is 0.941 bits per heavy atom. The lowest BCUT2D eigenvalue weighted by Gasteiger charge is -2.14. The minimum Gasteiger partial charge on any atom is -0.495 e. The van der Waals surface area contributed by atoms with Crippen molar-refractivity contribution in [2.45, 2.75) is 4.90 Å². The smallest absolute Gasteiger partial charge is 0.270 e. The molecule has 10 heteroatoms. The number of nitrogens with zero attached hydrogens (tertiary/aromatic N) is 2. The standard InChI is InChI=1S/C24H20N4O5S/c1-33-23-12-5-4-11-21(23)27-34(31,32)24-15-19(28(29)30)13-14-22(24)26-25-16-18-9-6-8-17-7-2-3-10-20(17)18/h2-16,26-27H,1H3/b25-16+. The number of nitro benzene ring substituents is 1. The number of benzene rings is 4. The van der Waals surface area contributed by atoms with Gasteiger partial charge < -0.3 is 4.74 Å². The molecule has 4 rings (SSSR count). The highest BCUT2D eigenvalue weighted by Crippen LogP contribution is 2.31. The maximum Gasteiger partial charge on any atom is 0.270 e. The van der Waals surface area contributed by atoms with Crippen molar-refractivity contribution in [1.29, 1.82) is 0 Å². The Balaban J connectivity index is 1.69. The van der Waals surface area contributed by atoms with E-state index in [0.29, 0.717) is 5.75 Å². The Morgan fingerprint density at radius 2 is 1.68 bits per heavy atom. The third kappa shape index (κ3) is 4.81. The van der Waals surface area contributed by atoms with Gasteiger partial charge in [0.1, 0.15) is 10.6 Å². The van der Waals surface area contributed by atoms with Gasteiger partial charge in [-0.1, -0.05) is 54.6 Å². The first-order valence-corrected chi connectivity index (χ1v) is 11.6. The molecule has 0 bridgehead atoms. The van der Waals surface area contributed by atoms with Gasteiger partial charge in [-0.15, -0.1) is 0 Å². The van der Waals surface area contributed by atoms with Gasteiger partial charge in [-0.2, -0.15) is 5.10 Å². The predicted molar refractivity (Wildman–Crippen MR) is 132 cm³/mol. The average molecular weight is 477 g/mol. The van der Waals surface area contributed by atoms with E-state index in [2.05, 4.69) is 15.2 Å². The number of para-hydroxylation sites is 2. The molecule has 0 aliphatic heterocycles. The normalized spacial score (nSPS) is 11.4. The second-order valence-electron chi connectivity index (χ2n) is 7.18. The molecular formula is C24H20N4O5S. The summed E-state index contributed by atoms with van der Waals surface area (Å²) >= 11 is 0. The van der Waals surface area contributed by atoms with Gasteiger partial charge in [0.15, 0.2) is 0 Å². The predicted octanol–water partition coefficient (Wildman–Crippen LogP) is 5.00. The summed E-state index contributed by atoms with van der Waals surface area (Å²) < 4.78 is 34.0. The Hall–Kier alpha value is -4.44. The lowest BCUT2D eigenvalue weighted by Crippen LogP contribution is -2.15. The fraction of sp³-hybridized carbons (Fsp3) is 0.0417. The lowest BCUT2D eigenvalue weighted by molar-refractivity contribution is -0.385. The zero-order valence-corrected chi connectivity index (χ0v) is 18.8. The maximum atomic E-state index is 13.2. The van der Waals surface area contributed by atoms with Crippen molar-refractivity contribution in [2.24, 2.45) is 5.10 Å². The highest BCUT2D eigenvalue weighted by atomic mass is 32.2. The van der Waals surface area contributed by atoms with Gasteiger partial charge in [-0.05, 0) is 29.0 Å². The number of hydrazone groups is 1. The third-order valence-electron chi connectivity index (χ3n) is 5.03. The molecular weight excluding hydrogens is 456 g/mol. The number of hydrogen-bond donors (Lipinski definition) is 2. The minimum atomic E-state index is -4.23. The molecule has 4 aromatic rings. The van der Waals surface area contributed by atoms with E-state index >= 15 is 0 Å². The Bertz CT molecular complexity index is 1500. The van der Waals surface area contributed by atoms with Crippen molar-refractivity contribution in [3.8, 4) is 5.75 Å².